The standard InChI is InChI=1S/C16H25N7OS2/c1-3-11(23-14(17)20-22-16(23)25-4-2)12(24)18-15-21-19-13(26-15)10-8-6-5-7-9-10/h10-11H,3-9H2,1-2H3,(H2,17,20)(H,18,21,24). The maximum atomic E-state index is 12.8. The van der Waals surface area contributed by atoms with Crippen molar-refractivity contribution in [3.63, 3.8) is 0 Å². The van der Waals surface area contributed by atoms with Gasteiger partial charge < -0.3 is 5.73 Å². The fourth-order valence-corrected chi connectivity index (χ4v) is 4.91. The number of nitrogen functional groups attached to an aromatic ring is 1. The molecule has 2 heterocycles. The Labute approximate surface area is 161 Å². The van der Waals surface area contributed by atoms with Gasteiger partial charge >= 0.3 is 0 Å². The van der Waals surface area contributed by atoms with Crippen LogP contribution in [0.2, 0.25) is 0 Å². The molecule has 0 saturated heterocycles. The van der Waals surface area contributed by atoms with Crippen LogP contribution in [0.15, 0.2) is 5.16 Å². The van der Waals surface area contributed by atoms with Crippen LogP contribution in [0.1, 0.15) is 69.3 Å². The first-order chi connectivity index (χ1) is 12.6. The predicted octanol–water partition coefficient (Wildman–Crippen LogP) is 3.46. The van der Waals surface area contributed by atoms with E-state index in [1.165, 1.54) is 42.4 Å². The van der Waals surface area contributed by atoms with Crippen molar-refractivity contribution in [3.8, 4) is 0 Å². The van der Waals surface area contributed by atoms with Crippen molar-refractivity contribution < 1.29 is 4.79 Å². The molecule has 0 radical (unpaired) electrons. The molecule has 1 saturated carbocycles. The van der Waals surface area contributed by atoms with Gasteiger partial charge in [0.2, 0.25) is 17.0 Å². The lowest BCUT2D eigenvalue weighted by Crippen LogP contribution is -2.27. The van der Waals surface area contributed by atoms with Crippen LogP contribution in [0, 0.1) is 0 Å². The van der Waals surface area contributed by atoms with Gasteiger partial charge in [0.25, 0.3) is 0 Å². The van der Waals surface area contributed by atoms with E-state index in [1.807, 2.05) is 13.8 Å². The maximum Gasteiger partial charge on any atom is 0.249 e. The SMILES string of the molecule is CCSc1nnc(N)n1C(CC)C(=O)Nc1nnc(C2CCCCC2)s1. The summed E-state index contributed by atoms with van der Waals surface area (Å²) in [5, 5.41) is 21.6. The Hall–Kier alpha value is -1.68. The molecule has 3 N–H and O–H groups in total. The van der Waals surface area contributed by atoms with Crippen molar-refractivity contribution in [1.82, 2.24) is 25.0 Å². The highest BCUT2D eigenvalue weighted by Crippen LogP contribution is 2.35. The average Bonchev–Trinajstić information content (AvgIpc) is 3.25. The highest BCUT2D eigenvalue weighted by molar-refractivity contribution is 7.99. The molecule has 0 aromatic carbocycles. The number of thioether (sulfide) groups is 1. The van der Waals surface area contributed by atoms with E-state index in [0.717, 1.165) is 23.6 Å². The first-order valence-electron chi connectivity index (χ1n) is 9.11. The number of aromatic nitrogens is 5. The zero-order valence-corrected chi connectivity index (χ0v) is 16.8. The molecule has 2 aromatic heterocycles. The summed E-state index contributed by atoms with van der Waals surface area (Å²) in [6.07, 6.45) is 6.70. The number of anilines is 2. The fraction of sp³-hybridized carbons (Fsp3) is 0.688. The van der Waals surface area contributed by atoms with Gasteiger partial charge in [-0.1, -0.05) is 56.2 Å². The molecular weight excluding hydrogens is 370 g/mol. The Morgan fingerprint density at radius 3 is 2.73 bits per heavy atom. The van der Waals surface area contributed by atoms with Crippen LogP contribution in [0.5, 0.6) is 0 Å². The van der Waals surface area contributed by atoms with Crippen molar-refractivity contribution in [1.29, 1.82) is 0 Å². The third-order valence-electron chi connectivity index (χ3n) is 4.59. The summed E-state index contributed by atoms with van der Waals surface area (Å²) >= 11 is 3.00. The topological polar surface area (TPSA) is 112 Å². The van der Waals surface area contributed by atoms with Crippen LogP contribution in [0.4, 0.5) is 11.1 Å². The normalized spacial score (nSPS) is 16.5. The minimum Gasteiger partial charge on any atom is -0.368 e. The second-order valence-electron chi connectivity index (χ2n) is 6.34. The van der Waals surface area contributed by atoms with Gasteiger partial charge in [-0.15, -0.1) is 20.4 Å². The quantitative estimate of drug-likeness (QED) is 0.690. The molecular formula is C16H25N7OS2. The number of nitrogens with zero attached hydrogens (tertiary/aromatic N) is 5. The van der Waals surface area contributed by atoms with Gasteiger partial charge in [-0.25, -0.2) is 0 Å². The lowest BCUT2D eigenvalue weighted by molar-refractivity contribution is -0.119. The summed E-state index contributed by atoms with van der Waals surface area (Å²) in [4.78, 5) is 12.8. The van der Waals surface area contributed by atoms with Crippen molar-refractivity contribution in [2.75, 3.05) is 16.8 Å². The minimum atomic E-state index is -0.471. The third kappa shape index (κ3) is 4.17. The third-order valence-corrected chi connectivity index (χ3v) is 6.42. The number of nitrogens with two attached hydrogens (primary N) is 1. The molecule has 1 atom stereocenters. The van der Waals surface area contributed by atoms with Crippen molar-refractivity contribution in [2.24, 2.45) is 0 Å². The average molecular weight is 396 g/mol. The molecule has 2 aromatic rings. The van der Waals surface area contributed by atoms with Gasteiger partial charge in [-0.05, 0) is 25.0 Å². The molecule has 0 spiro atoms. The second kappa shape index (κ2) is 8.81. The molecule has 1 aliphatic carbocycles. The van der Waals surface area contributed by atoms with E-state index in [-0.39, 0.29) is 11.9 Å². The zero-order valence-electron chi connectivity index (χ0n) is 15.1. The molecule has 1 fully saturated rings. The van der Waals surface area contributed by atoms with E-state index in [4.69, 9.17) is 5.73 Å². The Balaban J connectivity index is 1.72. The van der Waals surface area contributed by atoms with E-state index in [2.05, 4.69) is 25.7 Å². The molecule has 8 nitrogen and oxygen atoms in total. The number of rotatable bonds is 7. The van der Waals surface area contributed by atoms with E-state index < -0.39 is 6.04 Å². The van der Waals surface area contributed by atoms with Crippen LogP contribution in [0.25, 0.3) is 0 Å². The van der Waals surface area contributed by atoms with E-state index in [0.29, 0.717) is 22.6 Å². The Kier molecular flexibility index (Phi) is 6.47. The summed E-state index contributed by atoms with van der Waals surface area (Å²) in [7, 11) is 0. The highest BCUT2D eigenvalue weighted by Gasteiger charge is 2.26. The number of carbonyl (C=O) groups is 1. The van der Waals surface area contributed by atoms with Crippen LogP contribution in [0.3, 0.4) is 0 Å². The highest BCUT2D eigenvalue weighted by atomic mass is 32.2. The molecule has 0 aliphatic heterocycles. The van der Waals surface area contributed by atoms with Crippen molar-refractivity contribution in [2.45, 2.75) is 69.5 Å². The molecule has 142 valence electrons. The first kappa shape index (κ1) is 19.1. The van der Waals surface area contributed by atoms with E-state index >= 15 is 0 Å². The van der Waals surface area contributed by atoms with Crippen LogP contribution in [-0.4, -0.2) is 36.6 Å². The smallest absolute Gasteiger partial charge is 0.249 e. The summed E-state index contributed by atoms with van der Waals surface area (Å²) in [5.41, 5.74) is 5.95. The lowest BCUT2D eigenvalue weighted by Gasteiger charge is -2.18. The van der Waals surface area contributed by atoms with Crippen LogP contribution < -0.4 is 11.1 Å². The largest absolute Gasteiger partial charge is 0.368 e. The Bertz CT molecular complexity index is 739. The molecule has 10 heteroatoms. The zero-order chi connectivity index (χ0) is 18.5. The van der Waals surface area contributed by atoms with Crippen molar-refractivity contribution >= 4 is 40.1 Å². The van der Waals surface area contributed by atoms with E-state index in [1.54, 1.807) is 4.57 Å². The monoisotopic (exact) mass is 395 g/mol. The second-order valence-corrected chi connectivity index (χ2v) is 8.58. The van der Waals surface area contributed by atoms with Crippen LogP contribution in [-0.2, 0) is 4.79 Å². The minimum absolute atomic E-state index is 0.164. The Morgan fingerprint density at radius 1 is 1.27 bits per heavy atom. The van der Waals surface area contributed by atoms with Gasteiger partial charge in [0.05, 0.1) is 0 Å². The lowest BCUT2D eigenvalue weighted by atomic mass is 9.90. The molecule has 1 unspecified atom stereocenters. The van der Waals surface area contributed by atoms with Crippen molar-refractivity contribution in [3.05, 3.63) is 5.01 Å². The first-order valence-corrected chi connectivity index (χ1v) is 10.9. The molecule has 26 heavy (non-hydrogen) atoms. The number of hydrogen-bond donors (Lipinski definition) is 2. The number of carbonyl (C=O) groups excluding carboxylic acids is 1. The summed E-state index contributed by atoms with van der Waals surface area (Å²) in [6.45, 7) is 3.96. The van der Waals surface area contributed by atoms with Gasteiger partial charge in [0.1, 0.15) is 11.0 Å². The van der Waals surface area contributed by atoms with Gasteiger partial charge in [0, 0.05) is 5.92 Å². The number of hydrogen-bond acceptors (Lipinski definition) is 8. The van der Waals surface area contributed by atoms with Gasteiger partial charge in [-0.3, -0.25) is 14.7 Å². The molecule has 1 aliphatic rings. The number of nitrogens with one attached hydrogen (secondary N) is 1. The number of amides is 1. The molecule has 1 amide bonds. The van der Waals surface area contributed by atoms with Crippen LogP contribution >= 0.6 is 23.1 Å². The maximum absolute atomic E-state index is 12.8. The predicted molar refractivity (Wildman–Crippen MR) is 105 cm³/mol. The summed E-state index contributed by atoms with van der Waals surface area (Å²) < 4.78 is 1.70. The Morgan fingerprint density at radius 2 is 2.04 bits per heavy atom. The molecule has 3 rings (SSSR count). The summed E-state index contributed by atoms with van der Waals surface area (Å²) in [6, 6.07) is -0.471. The fourth-order valence-electron chi connectivity index (χ4n) is 3.28. The van der Waals surface area contributed by atoms with Gasteiger partial charge in [-0.2, -0.15) is 0 Å². The van der Waals surface area contributed by atoms with E-state index in [9.17, 15) is 4.79 Å². The summed E-state index contributed by atoms with van der Waals surface area (Å²) in [5.74, 6) is 1.40. The van der Waals surface area contributed by atoms with Gasteiger partial charge in [0.15, 0.2) is 5.16 Å². The molecule has 0 bridgehead atoms.